The van der Waals surface area contributed by atoms with Crippen LogP contribution in [0.1, 0.15) is 10.4 Å². The summed E-state index contributed by atoms with van der Waals surface area (Å²) in [6, 6.07) is 4.35. The molecule has 0 amide bonds. The van der Waals surface area contributed by atoms with Gasteiger partial charge in [0.05, 0.1) is 10.9 Å². The Bertz CT molecular complexity index is 562. The van der Waals surface area contributed by atoms with Crippen LogP contribution in [0.3, 0.4) is 0 Å². The number of aromatic carboxylic acids is 1. The lowest BCUT2D eigenvalue weighted by molar-refractivity contribution is 0.0698. The number of aryl methyl sites for hydroxylation is 1. The summed E-state index contributed by atoms with van der Waals surface area (Å²) in [6.07, 6.45) is 0. The maximum atomic E-state index is 13.5. The van der Waals surface area contributed by atoms with E-state index in [4.69, 9.17) is 16.7 Å². The molecule has 1 N–H and O–H groups in total. The number of hydrogen-bond donors (Lipinski definition) is 1. The van der Waals surface area contributed by atoms with E-state index in [0.717, 1.165) is 0 Å². The van der Waals surface area contributed by atoms with E-state index < -0.39 is 11.8 Å². The van der Waals surface area contributed by atoms with Crippen LogP contribution in [0.5, 0.6) is 0 Å². The van der Waals surface area contributed by atoms with Crippen molar-refractivity contribution < 1.29 is 14.3 Å². The summed E-state index contributed by atoms with van der Waals surface area (Å²) in [7, 11) is 1.59. The largest absolute Gasteiger partial charge is 0.478 e. The summed E-state index contributed by atoms with van der Waals surface area (Å²) >= 11 is 5.82. The third kappa shape index (κ3) is 1.29. The number of hydrogen-bond acceptors (Lipinski definition) is 1. The average molecular weight is 228 g/mol. The van der Waals surface area contributed by atoms with Crippen LogP contribution < -0.4 is 0 Å². The van der Waals surface area contributed by atoms with Crippen LogP contribution in [-0.2, 0) is 7.05 Å². The Kier molecular flexibility index (Phi) is 2.16. The summed E-state index contributed by atoms with van der Waals surface area (Å²) < 4.78 is 14.9. The highest BCUT2D eigenvalue weighted by Crippen LogP contribution is 2.30. The molecule has 0 bridgehead atoms. The standard InChI is InChI=1S/C10H7ClFNO2/c1-13-6-4-2-3-5(12)7(6)8(9(13)11)10(14)15/h2-4H,1H3,(H,14,15). The highest BCUT2D eigenvalue weighted by atomic mass is 35.5. The molecule has 3 nitrogen and oxygen atoms in total. The van der Waals surface area contributed by atoms with Crippen LogP contribution in [-0.4, -0.2) is 15.6 Å². The molecule has 78 valence electrons. The van der Waals surface area contributed by atoms with Crippen LogP contribution in [0.4, 0.5) is 4.39 Å². The van der Waals surface area contributed by atoms with Crippen molar-refractivity contribution in [3.63, 3.8) is 0 Å². The number of rotatable bonds is 1. The molecule has 2 rings (SSSR count). The lowest BCUT2D eigenvalue weighted by atomic mass is 10.1. The zero-order chi connectivity index (χ0) is 11.2. The predicted molar refractivity (Wildman–Crippen MR) is 54.8 cm³/mol. The summed E-state index contributed by atoms with van der Waals surface area (Å²) in [5.74, 6) is -1.80. The van der Waals surface area contributed by atoms with Gasteiger partial charge in [0.1, 0.15) is 16.5 Å². The van der Waals surface area contributed by atoms with Crippen molar-refractivity contribution in [3.05, 3.63) is 34.7 Å². The van der Waals surface area contributed by atoms with Gasteiger partial charge in [-0.2, -0.15) is 0 Å². The first kappa shape index (κ1) is 9.98. The fourth-order valence-corrected chi connectivity index (χ4v) is 1.88. The van der Waals surface area contributed by atoms with Crippen molar-refractivity contribution in [2.75, 3.05) is 0 Å². The van der Waals surface area contributed by atoms with Crippen molar-refractivity contribution >= 4 is 28.5 Å². The first-order valence-electron chi connectivity index (χ1n) is 4.19. The van der Waals surface area contributed by atoms with E-state index in [2.05, 4.69) is 0 Å². The van der Waals surface area contributed by atoms with Crippen LogP contribution in [0.2, 0.25) is 5.15 Å². The number of nitrogens with zero attached hydrogens (tertiary/aromatic N) is 1. The molecule has 0 radical (unpaired) electrons. The minimum absolute atomic E-state index is 0.0302. The highest BCUT2D eigenvalue weighted by Gasteiger charge is 2.21. The Morgan fingerprint density at radius 3 is 2.80 bits per heavy atom. The zero-order valence-electron chi connectivity index (χ0n) is 7.79. The van der Waals surface area contributed by atoms with Gasteiger partial charge in [-0.05, 0) is 12.1 Å². The van der Waals surface area contributed by atoms with Gasteiger partial charge in [0.15, 0.2) is 0 Å². The molecule has 0 aliphatic rings. The number of carbonyl (C=O) groups is 1. The van der Waals surface area contributed by atoms with E-state index in [-0.39, 0.29) is 16.1 Å². The number of halogens is 2. The van der Waals surface area contributed by atoms with Crippen LogP contribution >= 0.6 is 11.6 Å². The van der Waals surface area contributed by atoms with Gasteiger partial charge in [0.2, 0.25) is 0 Å². The van der Waals surface area contributed by atoms with Crippen LogP contribution in [0, 0.1) is 5.82 Å². The van der Waals surface area contributed by atoms with E-state index in [9.17, 15) is 9.18 Å². The third-order valence-electron chi connectivity index (χ3n) is 2.32. The van der Waals surface area contributed by atoms with E-state index >= 15 is 0 Å². The number of aromatic nitrogens is 1. The molecule has 0 saturated carbocycles. The van der Waals surface area contributed by atoms with Gasteiger partial charge in [-0.3, -0.25) is 0 Å². The zero-order valence-corrected chi connectivity index (χ0v) is 8.55. The van der Waals surface area contributed by atoms with Crippen molar-refractivity contribution in [2.24, 2.45) is 7.05 Å². The number of fused-ring (bicyclic) bond motifs is 1. The van der Waals surface area contributed by atoms with Gasteiger partial charge in [-0.15, -0.1) is 0 Å². The van der Waals surface area contributed by atoms with Crippen LogP contribution in [0.15, 0.2) is 18.2 Å². The second-order valence-electron chi connectivity index (χ2n) is 3.16. The Balaban J connectivity index is 3.02. The maximum absolute atomic E-state index is 13.5. The minimum Gasteiger partial charge on any atom is -0.478 e. The predicted octanol–water partition coefficient (Wildman–Crippen LogP) is 2.67. The Labute approximate surface area is 89.7 Å². The molecule has 0 saturated heterocycles. The first-order valence-corrected chi connectivity index (χ1v) is 4.57. The third-order valence-corrected chi connectivity index (χ3v) is 2.76. The fraction of sp³-hybridized carbons (Fsp3) is 0.100. The minimum atomic E-state index is -1.23. The Morgan fingerprint density at radius 2 is 2.20 bits per heavy atom. The maximum Gasteiger partial charge on any atom is 0.339 e. The van der Waals surface area contributed by atoms with Crippen molar-refractivity contribution in [2.45, 2.75) is 0 Å². The van der Waals surface area contributed by atoms with Gasteiger partial charge in [0, 0.05) is 7.05 Å². The Morgan fingerprint density at radius 1 is 1.53 bits per heavy atom. The lowest BCUT2D eigenvalue weighted by Crippen LogP contribution is -1.97. The molecular formula is C10H7ClFNO2. The van der Waals surface area contributed by atoms with Gasteiger partial charge < -0.3 is 9.67 Å². The summed E-state index contributed by atoms with van der Waals surface area (Å²) in [4.78, 5) is 10.9. The molecule has 0 fully saturated rings. The smallest absolute Gasteiger partial charge is 0.339 e. The first-order chi connectivity index (χ1) is 7.04. The monoisotopic (exact) mass is 227 g/mol. The quantitative estimate of drug-likeness (QED) is 0.814. The van der Waals surface area contributed by atoms with E-state index in [1.54, 1.807) is 13.1 Å². The Hall–Kier alpha value is -1.55. The van der Waals surface area contributed by atoms with Gasteiger partial charge in [-0.1, -0.05) is 17.7 Å². The molecule has 0 unspecified atom stereocenters. The number of carboxylic acids is 1. The number of benzene rings is 1. The average Bonchev–Trinajstić information content (AvgIpc) is 2.43. The van der Waals surface area contributed by atoms with Crippen molar-refractivity contribution in [1.82, 2.24) is 4.57 Å². The molecule has 1 aromatic carbocycles. The molecule has 0 atom stereocenters. The molecule has 0 aliphatic carbocycles. The summed E-state index contributed by atoms with van der Waals surface area (Å²) in [5, 5.41) is 9.02. The molecular weight excluding hydrogens is 221 g/mol. The lowest BCUT2D eigenvalue weighted by Gasteiger charge is -1.95. The summed E-state index contributed by atoms with van der Waals surface area (Å²) in [6.45, 7) is 0. The SMILES string of the molecule is Cn1c(Cl)c(C(=O)O)c2c(F)cccc21. The number of carboxylic acid groups (broad SMARTS) is 1. The molecule has 5 heteroatoms. The topological polar surface area (TPSA) is 42.2 Å². The molecule has 0 aliphatic heterocycles. The molecule has 2 aromatic rings. The van der Waals surface area contributed by atoms with E-state index in [0.29, 0.717) is 5.52 Å². The molecule has 1 heterocycles. The molecule has 1 aromatic heterocycles. The second-order valence-corrected chi connectivity index (χ2v) is 3.52. The molecule has 0 spiro atoms. The van der Waals surface area contributed by atoms with Gasteiger partial charge in [-0.25, -0.2) is 9.18 Å². The normalized spacial score (nSPS) is 10.9. The summed E-state index contributed by atoms with van der Waals surface area (Å²) in [5.41, 5.74) is 0.282. The van der Waals surface area contributed by atoms with Crippen molar-refractivity contribution in [1.29, 1.82) is 0 Å². The van der Waals surface area contributed by atoms with E-state index in [1.807, 2.05) is 0 Å². The van der Waals surface area contributed by atoms with E-state index in [1.165, 1.54) is 16.7 Å². The highest BCUT2D eigenvalue weighted by molar-refractivity contribution is 6.35. The van der Waals surface area contributed by atoms with Gasteiger partial charge in [0.25, 0.3) is 0 Å². The van der Waals surface area contributed by atoms with Gasteiger partial charge >= 0.3 is 5.97 Å². The van der Waals surface area contributed by atoms with Crippen LogP contribution in [0.25, 0.3) is 10.9 Å². The molecule has 15 heavy (non-hydrogen) atoms. The fourth-order valence-electron chi connectivity index (χ4n) is 1.61. The second kappa shape index (κ2) is 3.24. The van der Waals surface area contributed by atoms with Crippen molar-refractivity contribution in [3.8, 4) is 0 Å².